The average Bonchev–Trinajstić information content (AvgIpc) is 2.96. The molecule has 0 spiro atoms. The molecule has 1 heterocycles. The quantitative estimate of drug-likeness (QED) is 0.807. The standard InChI is InChI=1S/C12H20N4O/c1-16-7-6-14-11(16)12(17)15-10(8-13)9-4-2-3-5-9/h6-7,9-10H,2-5,8,13H2,1H3,(H,15,17). The largest absolute Gasteiger partial charge is 0.345 e. The van der Waals surface area contributed by atoms with Gasteiger partial charge in [0.25, 0.3) is 5.91 Å². The van der Waals surface area contributed by atoms with Crippen molar-refractivity contribution in [3.63, 3.8) is 0 Å². The van der Waals surface area contributed by atoms with Crippen LogP contribution >= 0.6 is 0 Å². The first-order chi connectivity index (χ1) is 8.22. The van der Waals surface area contributed by atoms with Crippen molar-refractivity contribution in [2.24, 2.45) is 18.7 Å². The van der Waals surface area contributed by atoms with E-state index in [1.54, 1.807) is 17.0 Å². The number of rotatable bonds is 4. The summed E-state index contributed by atoms with van der Waals surface area (Å²) in [4.78, 5) is 16.0. The maximum atomic E-state index is 12.0. The molecule has 5 nitrogen and oxygen atoms in total. The predicted molar refractivity (Wildman–Crippen MR) is 65.5 cm³/mol. The third kappa shape index (κ3) is 2.66. The van der Waals surface area contributed by atoms with E-state index in [4.69, 9.17) is 5.73 Å². The van der Waals surface area contributed by atoms with Gasteiger partial charge < -0.3 is 15.6 Å². The van der Waals surface area contributed by atoms with Crippen LogP contribution in [-0.2, 0) is 7.05 Å². The molecule has 0 aromatic carbocycles. The summed E-state index contributed by atoms with van der Waals surface area (Å²) in [6.45, 7) is 0.501. The number of carbonyl (C=O) groups is 1. The van der Waals surface area contributed by atoms with E-state index in [1.165, 1.54) is 25.7 Å². The van der Waals surface area contributed by atoms with E-state index in [0.717, 1.165) is 0 Å². The van der Waals surface area contributed by atoms with Crippen LogP contribution in [0.1, 0.15) is 36.3 Å². The molecule has 1 aliphatic rings. The second kappa shape index (κ2) is 5.31. The van der Waals surface area contributed by atoms with Gasteiger partial charge in [0.15, 0.2) is 5.82 Å². The van der Waals surface area contributed by atoms with Crippen LogP contribution in [0.25, 0.3) is 0 Å². The van der Waals surface area contributed by atoms with Gasteiger partial charge in [0, 0.05) is 32.0 Å². The number of hydrogen-bond donors (Lipinski definition) is 2. The molecule has 0 bridgehead atoms. The third-order valence-electron chi connectivity index (χ3n) is 3.56. The van der Waals surface area contributed by atoms with Crippen molar-refractivity contribution >= 4 is 5.91 Å². The Hall–Kier alpha value is -1.36. The number of hydrogen-bond acceptors (Lipinski definition) is 3. The van der Waals surface area contributed by atoms with Gasteiger partial charge in [0.05, 0.1) is 0 Å². The van der Waals surface area contributed by atoms with Crippen molar-refractivity contribution in [2.45, 2.75) is 31.7 Å². The van der Waals surface area contributed by atoms with Gasteiger partial charge in [0.2, 0.25) is 0 Å². The molecular formula is C12H20N4O. The number of carbonyl (C=O) groups excluding carboxylic acids is 1. The summed E-state index contributed by atoms with van der Waals surface area (Å²) in [5.41, 5.74) is 5.75. The third-order valence-corrected chi connectivity index (χ3v) is 3.56. The maximum absolute atomic E-state index is 12.0. The Bertz CT molecular complexity index is 382. The fourth-order valence-corrected chi connectivity index (χ4v) is 2.55. The Morgan fingerprint density at radius 1 is 1.65 bits per heavy atom. The molecule has 94 valence electrons. The molecule has 2 rings (SSSR count). The van der Waals surface area contributed by atoms with Gasteiger partial charge >= 0.3 is 0 Å². The van der Waals surface area contributed by atoms with Gasteiger partial charge in [-0.25, -0.2) is 4.98 Å². The molecule has 0 saturated heterocycles. The van der Waals surface area contributed by atoms with Gasteiger partial charge in [-0.2, -0.15) is 0 Å². The maximum Gasteiger partial charge on any atom is 0.287 e. The minimum atomic E-state index is -0.125. The number of aromatic nitrogens is 2. The zero-order valence-electron chi connectivity index (χ0n) is 10.2. The Balaban J connectivity index is 1.99. The average molecular weight is 236 g/mol. The summed E-state index contributed by atoms with van der Waals surface area (Å²) in [5, 5.41) is 3.00. The highest BCUT2D eigenvalue weighted by molar-refractivity contribution is 5.90. The van der Waals surface area contributed by atoms with Gasteiger partial charge in [-0.15, -0.1) is 0 Å². The lowest BCUT2D eigenvalue weighted by molar-refractivity contribution is 0.0910. The Morgan fingerprint density at radius 2 is 2.35 bits per heavy atom. The van der Waals surface area contributed by atoms with E-state index in [1.807, 2.05) is 7.05 Å². The highest BCUT2D eigenvalue weighted by atomic mass is 16.2. The van der Waals surface area contributed by atoms with Crippen LogP contribution in [0.2, 0.25) is 0 Å². The fraction of sp³-hybridized carbons (Fsp3) is 0.667. The Kier molecular flexibility index (Phi) is 3.78. The van der Waals surface area contributed by atoms with Crippen molar-refractivity contribution in [3.8, 4) is 0 Å². The van der Waals surface area contributed by atoms with Crippen LogP contribution in [0.4, 0.5) is 0 Å². The molecular weight excluding hydrogens is 216 g/mol. The summed E-state index contributed by atoms with van der Waals surface area (Å²) in [7, 11) is 1.81. The monoisotopic (exact) mass is 236 g/mol. The molecule has 1 aliphatic carbocycles. The van der Waals surface area contributed by atoms with Crippen molar-refractivity contribution in [1.82, 2.24) is 14.9 Å². The molecule has 17 heavy (non-hydrogen) atoms. The summed E-state index contributed by atoms with van der Waals surface area (Å²) in [5.74, 6) is 0.852. The van der Waals surface area contributed by atoms with Crippen LogP contribution in [0.15, 0.2) is 12.4 Å². The second-order valence-electron chi connectivity index (χ2n) is 4.72. The normalized spacial score (nSPS) is 18.2. The first kappa shape index (κ1) is 12.1. The van der Waals surface area contributed by atoms with Gasteiger partial charge in [-0.05, 0) is 18.8 Å². The van der Waals surface area contributed by atoms with E-state index in [0.29, 0.717) is 18.3 Å². The zero-order valence-corrected chi connectivity index (χ0v) is 10.2. The molecule has 0 aliphatic heterocycles. The first-order valence-electron chi connectivity index (χ1n) is 6.20. The number of nitrogens with zero attached hydrogens (tertiary/aromatic N) is 2. The summed E-state index contributed by atoms with van der Waals surface area (Å²) < 4.78 is 1.72. The van der Waals surface area contributed by atoms with Crippen molar-refractivity contribution in [1.29, 1.82) is 0 Å². The highest BCUT2D eigenvalue weighted by Crippen LogP contribution is 2.27. The minimum absolute atomic E-state index is 0.0849. The molecule has 1 aromatic heterocycles. The van der Waals surface area contributed by atoms with E-state index < -0.39 is 0 Å². The zero-order chi connectivity index (χ0) is 12.3. The summed E-state index contributed by atoms with van der Waals surface area (Å²) >= 11 is 0. The number of nitrogens with two attached hydrogens (primary N) is 1. The summed E-state index contributed by atoms with van der Waals surface area (Å²) in [6, 6.07) is 0.0849. The van der Waals surface area contributed by atoms with Gasteiger partial charge in [-0.1, -0.05) is 12.8 Å². The molecule has 1 atom stereocenters. The Labute approximate surface area is 101 Å². The molecule has 1 aromatic rings. The SMILES string of the molecule is Cn1ccnc1C(=O)NC(CN)C1CCCC1. The lowest BCUT2D eigenvalue weighted by atomic mass is 9.98. The first-order valence-corrected chi connectivity index (χ1v) is 6.20. The number of aryl methyl sites for hydroxylation is 1. The molecule has 0 radical (unpaired) electrons. The van der Waals surface area contributed by atoms with Crippen LogP contribution in [0, 0.1) is 5.92 Å². The molecule has 1 amide bonds. The van der Waals surface area contributed by atoms with Crippen LogP contribution < -0.4 is 11.1 Å². The second-order valence-corrected chi connectivity index (χ2v) is 4.72. The minimum Gasteiger partial charge on any atom is -0.345 e. The Morgan fingerprint density at radius 3 is 2.88 bits per heavy atom. The lowest BCUT2D eigenvalue weighted by Crippen LogP contribution is -2.45. The smallest absolute Gasteiger partial charge is 0.287 e. The molecule has 3 N–H and O–H groups in total. The number of amides is 1. The van der Waals surface area contributed by atoms with E-state index in [-0.39, 0.29) is 11.9 Å². The van der Waals surface area contributed by atoms with Crippen LogP contribution in [0.5, 0.6) is 0 Å². The molecule has 1 unspecified atom stereocenters. The van der Waals surface area contributed by atoms with Gasteiger partial charge in [-0.3, -0.25) is 4.79 Å². The van der Waals surface area contributed by atoms with E-state index in [9.17, 15) is 4.79 Å². The van der Waals surface area contributed by atoms with Gasteiger partial charge in [0.1, 0.15) is 0 Å². The van der Waals surface area contributed by atoms with Crippen molar-refractivity contribution in [2.75, 3.05) is 6.54 Å². The van der Waals surface area contributed by atoms with E-state index in [2.05, 4.69) is 10.3 Å². The summed E-state index contributed by atoms with van der Waals surface area (Å²) in [6.07, 6.45) is 8.23. The van der Waals surface area contributed by atoms with Crippen molar-refractivity contribution in [3.05, 3.63) is 18.2 Å². The molecule has 1 saturated carbocycles. The van der Waals surface area contributed by atoms with E-state index >= 15 is 0 Å². The fourth-order valence-electron chi connectivity index (χ4n) is 2.55. The lowest BCUT2D eigenvalue weighted by Gasteiger charge is -2.22. The number of imidazole rings is 1. The number of nitrogens with one attached hydrogen (secondary N) is 1. The van der Waals surface area contributed by atoms with Crippen LogP contribution in [0.3, 0.4) is 0 Å². The highest BCUT2D eigenvalue weighted by Gasteiger charge is 2.26. The predicted octanol–water partition coefficient (Wildman–Crippen LogP) is 0.667. The molecule has 1 fully saturated rings. The van der Waals surface area contributed by atoms with Crippen LogP contribution in [-0.4, -0.2) is 28.0 Å². The van der Waals surface area contributed by atoms with Crippen molar-refractivity contribution < 1.29 is 4.79 Å². The molecule has 5 heteroatoms. The topological polar surface area (TPSA) is 72.9 Å².